The van der Waals surface area contributed by atoms with Crippen LogP contribution < -0.4 is 9.64 Å². The van der Waals surface area contributed by atoms with Crippen molar-refractivity contribution in [2.45, 2.75) is 6.92 Å². The maximum absolute atomic E-state index is 5.97. The highest BCUT2D eigenvalue weighted by Gasteiger charge is 2.10. The van der Waals surface area contributed by atoms with Crippen LogP contribution >= 0.6 is 24.2 Å². The molecule has 0 radical (unpaired) electrons. The van der Waals surface area contributed by atoms with Crippen LogP contribution in [0.2, 0.25) is 5.02 Å². The number of aryl methyl sites for hydroxylation is 1. The van der Waals surface area contributed by atoms with Crippen molar-refractivity contribution in [2.75, 3.05) is 24.9 Å². The van der Waals surface area contributed by atoms with E-state index in [2.05, 4.69) is 12.6 Å². The van der Waals surface area contributed by atoms with E-state index in [1.165, 1.54) is 0 Å². The Labute approximate surface area is 95.2 Å². The molecule has 0 saturated carbocycles. The minimum Gasteiger partial charge on any atom is -0.494 e. The molecule has 2 nitrogen and oxygen atoms in total. The van der Waals surface area contributed by atoms with E-state index in [-0.39, 0.29) is 0 Å². The van der Waals surface area contributed by atoms with Gasteiger partial charge in [0.05, 0.1) is 18.7 Å². The summed E-state index contributed by atoms with van der Waals surface area (Å²) in [5, 5.41) is 0.715. The van der Waals surface area contributed by atoms with E-state index in [4.69, 9.17) is 16.3 Å². The lowest BCUT2D eigenvalue weighted by Gasteiger charge is -2.21. The van der Waals surface area contributed by atoms with Crippen LogP contribution in [-0.4, -0.2) is 20.0 Å². The molecule has 78 valence electrons. The Balaban J connectivity index is 3.24. The van der Waals surface area contributed by atoms with E-state index >= 15 is 0 Å². The number of nitrogens with zero attached hydrogens (tertiary/aromatic N) is 1. The van der Waals surface area contributed by atoms with E-state index in [0.29, 0.717) is 10.9 Å². The summed E-state index contributed by atoms with van der Waals surface area (Å²) in [5.74, 6) is 1.47. The van der Waals surface area contributed by atoms with Gasteiger partial charge in [0.2, 0.25) is 0 Å². The summed E-state index contributed by atoms with van der Waals surface area (Å²) in [6.07, 6.45) is 0. The van der Waals surface area contributed by atoms with Crippen LogP contribution in [0.25, 0.3) is 0 Å². The van der Waals surface area contributed by atoms with Gasteiger partial charge in [0.1, 0.15) is 5.75 Å². The lowest BCUT2D eigenvalue weighted by atomic mass is 10.2. The van der Waals surface area contributed by atoms with Gasteiger partial charge in [0, 0.05) is 12.1 Å². The van der Waals surface area contributed by atoms with Crippen LogP contribution in [0, 0.1) is 6.92 Å². The maximum Gasteiger partial charge on any atom is 0.145 e. The number of halogens is 1. The molecule has 0 aliphatic carbocycles. The van der Waals surface area contributed by atoms with E-state index in [9.17, 15) is 0 Å². The second-order valence-corrected chi connectivity index (χ2v) is 3.83. The largest absolute Gasteiger partial charge is 0.494 e. The molecule has 0 heterocycles. The summed E-state index contributed by atoms with van der Waals surface area (Å²) in [7, 11) is 3.60. The van der Waals surface area contributed by atoms with Crippen LogP contribution in [0.1, 0.15) is 5.56 Å². The van der Waals surface area contributed by atoms with Crippen LogP contribution in [0.15, 0.2) is 12.1 Å². The third kappa shape index (κ3) is 2.28. The molecular weight excluding hydrogens is 218 g/mol. The smallest absolute Gasteiger partial charge is 0.145 e. The molecule has 0 fully saturated rings. The summed E-state index contributed by atoms with van der Waals surface area (Å²) in [6.45, 7) is 1.97. The monoisotopic (exact) mass is 231 g/mol. The first kappa shape index (κ1) is 11.5. The molecule has 1 aromatic rings. The van der Waals surface area contributed by atoms with Gasteiger partial charge in [0.25, 0.3) is 0 Å². The molecule has 1 rings (SSSR count). The fourth-order valence-corrected chi connectivity index (χ4v) is 1.76. The molecule has 0 saturated heterocycles. The molecule has 0 bridgehead atoms. The Kier molecular flexibility index (Phi) is 3.96. The number of ether oxygens (including phenoxy) is 1. The molecular formula is C10H14ClNOS. The number of thiol groups is 1. The Morgan fingerprint density at radius 1 is 1.50 bits per heavy atom. The van der Waals surface area contributed by atoms with Gasteiger partial charge in [-0.2, -0.15) is 12.6 Å². The van der Waals surface area contributed by atoms with Gasteiger partial charge in [-0.05, 0) is 24.6 Å². The predicted molar refractivity (Wildman–Crippen MR) is 65.0 cm³/mol. The Hall–Kier alpha value is -0.540. The number of benzene rings is 1. The zero-order valence-corrected chi connectivity index (χ0v) is 10.2. The van der Waals surface area contributed by atoms with Crippen LogP contribution in [0.5, 0.6) is 5.75 Å². The van der Waals surface area contributed by atoms with Gasteiger partial charge in [-0.3, -0.25) is 0 Å². The molecule has 0 spiro atoms. The third-order valence-electron chi connectivity index (χ3n) is 2.05. The summed E-state index contributed by atoms with van der Waals surface area (Å²) in [5.41, 5.74) is 2.00. The van der Waals surface area contributed by atoms with Gasteiger partial charge >= 0.3 is 0 Å². The van der Waals surface area contributed by atoms with Crippen molar-refractivity contribution in [2.24, 2.45) is 0 Å². The Morgan fingerprint density at radius 3 is 2.64 bits per heavy atom. The quantitative estimate of drug-likeness (QED) is 0.634. The first-order chi connectivity index (χ1) is 6.60. The topological polar surface area (TPSA) is 12.5 Å². The molecule has 0 aliphatic rings. The Morgan fingerprint density at radius 2 is 2.14 bits per heavy atom. The number of anilines is 1. The number of methoxy groups -OCH3 is 1. The zero-order chi connectivity index (χ0) is 10.7. The van der Waals surface area contributed by atoms with E-state index in [1.54, 1.807) is 7.11 Å². The molecule has 14 heavy (non-hydrogen) atoms. The minimum absolute atomic E-state index is 0.621. The second-order valence-electron chi connectivity index (χ2n) is 3.11. The highest BCUT2D eigenvalue weighted by Crippen LogP contribution is 2.34. The average Bonchev–Trinajstić information content (AvgIpc) is 2.15. The molecule has 4 heteroatoms. The maximum atomic E-state index is 5.97. The van der Waals surface area contributed by atoms with Crippen molar-refractivity contribution >= 4 is 29.9 Å². The van der Waals surface area contributed by atoms with Gasteiger partial charge in [-0.15, -0.1) is 0 Å². The minimum atomic E-state index is 0.621. The van der Waals surface area contributed by atoms with Gasteiger partial charge in [-0.1, -0.05) is 11.6 Å². The fourth-order valence-electron chi connectivity index (χ4n) is 1.34. The lowest BCUT2D eigenvalue weighted by Crippen LogP contribution is -2.15. The van der Waals surface area contributed by atoms with Gasteiger partial charge < -0.3 is 9.64 Å². The molecule has 0 atom stereocenters. The van der Waals surface area contributed by atoms with Gasteiger partial charge in [0.15, 0.2) is 0 Å². The summed E-state index contributed by atoms with van der Waals surface area (Å²) in [6, 6.07) is 3.76. The van der Waals surface area contributed by atoms with Crippen LogP contribution in [0.4, 0.5) is 5.69 Å². The highest BCUT2D eigenvalue weighted by molar-refractivity contribution is 7.80. The normalized spacial score (nSPS) is 10.1. The number of rotatable bonds is 3. The third-order valence-corrected chi connectivity index (χ3v) is 2.69. The number of hydrogen-bond acceptors (Lipinski definition) is 3. The lowest BCUT2D eigenvalue weighted by molar-refractivity contribution is 0.412. The highest BCUT2D eigenvalue weighted by atomic mass is 35.5. The van der Waals surface area contributed by atoms with Crippen LogP contribution in [-0.2, 0) is 0 Å². The molecule has 0 unspecified atom stereocenters. The van der Waals surface area contributed by atoms with Crippen molar-refractivity contribution in [1.29, 1.82) is 0 Å². The average molecular weight is 232 g/mol. The van der Waals surface area contributed by atoms with E-state index in [1.807, 2.05) is 31.0 Å². The van der Waals surface area contributed by atoms with Crippen molar-refractivity contribution in [3.63, 3.8) is 0 Å². The fraction of sp³-hybridized carbons (Fsp3) is 0.400. The van der Waals surface area contributed by atoms with Crippen LogP contribution in [0.3, 0.4) is 0 Å². The number of hydrogen-bond donors (Lipinski definition) is 1. The molecule has 1 aromatic carbocycles. The predicted octanol–water partition coefficient (Wildman–Crippen LogP) is 2.98. The Bertz CT molecular complexity index is 330. The summed E-state index contributed by atoms with van der Waals surface area (Å²) < 4.78 is 5.32. The van der Waals surface area contributed by atoms with E-state index in [0.717, 1.165) is 17.0 Å². The SMILES string of the molecule is COc1c(C)cc(Cl)cc1N(C)CS. The molecule has 0 aromatic heterocycles. The van der Waals surface area contributed by atoms with Gasteiger partial charge in [-0.25, -0.2) is 0 Å². The molecule has 0 N–H and O–H groups in total. The van der Waals surface area contributed by atoms with Crippen molar-refractivity contribution in [3.05, 3.63) is 22.7 Å². The standard InChI is InChI=1S/C10H14ClNOS/c1-7-4-8(11)5-9(10(7)13-3)12(2)6-14/h4-5,14H,6H2,1-3H3. The van der Waals surface area contributed by atoms with Crippen molar-refractivity contribution < 1.29 is 4.74 Å². The summed E-state index contributed by atoms with van der Waals surface area (Å²) in [4.78, 5) is 1.97. The van der Waals surface area contributed by atoms with Crippen molar-refractivity contribution in [1.82, 2.24) is 0 Å². The second kappa shape index (κ2) is 4.80. The van der Waals surface area contributed by atoms with E-state index < -0.39 is 0 Å². The summed E-state index contributed by atoms with van der Waals surface area (Å²) >= 11 is 10.2. The first-order valence-corrected chi connectivity index (χ1v) is 5.27. The first-order valence-electron chi connectivity index (χ1n) is 4.26. The molecule has 0 aliphatic heterocycles. The molecule has 0 amide bonds. The van der Waals surface area contributed by atoms with Crippen molar-refractivity contribution in [3.8, 4) is 5.75 Å². The zero-order valence-electron chi connectivity index (χ0n) is 8.54.